The van der Waals surface area contributed by atoms with Crippen LogP contribution in [0.2, 0.25) is 0 Å². The lowest BCUT2D eigenvalue weighted by Gasteiger charge is -2.22. The molecule has 31 heavy (non-hydrogen) atoms. The van der Waals surface area contributed by atoms with Gasteiger partial charge in [-0.05, 0) is 47.7 Å². The number of aromatic nitrogens is 2. The number of benzene rings is 3. The fraction of sp³-hybridized carbons (Fsp3) is 0.250. The van der Waals surface area contributed by atoms with Crippen LogP contribution in [-0.4, -0.2) is 39.9 Å². The second-order valence-electron chi connectivity index (χ2n) is 7.77. The van der Waals surface area contributed by atoms with Crippen LogP contribution >= 0.6 is 0 Å². The minimum absolute atomic E-state index is 0.197. The first-order chi connectivity index (χ1) is 15.1. The molecule has 2 atom stereocenters. The summed E-state index contributed by atoms with van der Waals surface area (Å²) in [6.07, 6.45) is 0.0368. The van der Waals surface area contributed by atoms with E-state index in [1.807, 2.05) is 24.3 Å². The zero-order valence-electron chi connectivity index (χ0n) is 17.0. The Bertz CT molecular complexity index is 1210. The molecule has 1 aliphatic rings. The third-order valence-electron chi connectivity index (χ3n) is 5.78. The number of hydrogen-bond acceptors (Lipinski definition) is 6. The Morgan fingerprint density at radius 1 is 1.10 bits per heavy atom. The molecule has 2 heterocycles. The molecule has 1 fully saturated rings. The van der Waals surface area contributed by atoms with Gasteiger partial charge in [0.25, 0.3) is 0 Å². The van der Waals surface area contributed by atoms with Gasteiger partial charge >= 0.3 is 0 Å². The second kappa shape index (κ2) is 8.09. The molecule has 0 aliphatic carbocycles. The van der Waals surface area contributed by atoms with Crippen molar-refractivity contribution < 1.29 is 18.8 Å². The van der Waals surface area contributed by atoms with Gasteiger partial charge in [0.1, 0.15) is 11.6 Å². The van der Waals surface area contributed by atoms with Crippen LogP contribution in [-0.2, 0) is 6.54 Å². The minimum Gasteiger partial charge on any atom is -0.496 e. The smallest absolute Gasteiger partial charge is 0.244 e. The number of β-amino-alcohol motifs (C(OH)–C–C–N with tert-alkyl or cyclic N) is 1. The van der Waals surface area contributed by atoms with Crippen molar-refractivity contribution in [1.29, 1.82) is 0 Å². The van der Waals surface area contributed by atoms with E-state index in [0.717, 1.165) is 22.1 Å². The number of fused-ring (bicyclic) bond motifs is 1. The average molecular weight is 419 g/mol. The molecule has 0 bridgehead atoms. The molecular weight excluding hydrogens is 397 g/mol. The molecule has 3 aromatic carbocycles. The van der Waals surface area contributed by atoms with Gasteiger partial charge in [-0.3, -0.25) is 4.90 Å². The molecule has 158 valence electrons. The number of nitrogens with zero attached hydrogens (tertiary/aromatic N) is 3. The number of hydrogen-bond donors (Lipinski definition) is 1. The molecule has 1 aliphatic heterocycles. The Morgan fingerprint density at radius 3 is 2.65 bits per heavy atom. The van der Waals surface area contributed by atoms with Crippen molar-refractivity contribution in [3.8, 4) is 17.1 Å². The van der Waals surface area contributed by atoms with E-state index in [0.29, 0.717) is 36.8 Å². The molecule has 0 radical (unpaired) electrons. The largest absolute Gasteiger partial charge is 0.496 e. The molecule has 0 saturated carbocycles. The van der Waals surface area contributed by atoms with Crippen LogP contribution in [0.3, 0.4) is 0 Å². The number of aliphatic hydroxyl groups excluding tert-OH is 1. The number of aliphatic hydroxyl groups is 1. The van der Waals surface area contributed by atoms with Gasteiger partial charge in [0.2, 0.25) is 11.7 Å². The first kappa shape index (κ1) is 19.7. The van der Waals surface area contributed by atoms with Crippen LogP contribution in [0.25, 0.3) is 22.2 Å². The summed E-state index contributed by atoms with van der Waals surface area (Å²) in [6.45, 7) is 1.14. The van der Waals surface area contributed by atoms with Crippen molar-refractivity contribution >= 4 is 10.8 Å². The van der Waals surface area contributed by atoms with Crippen LogP contribution in [0.5, 0.6) is 5.75 Å². The fourth-order valence-electron chi connectivity index (χ4n) is 4.27. The summed E-state index contributed by atoms with van der Waals surface area (Å²) in [5.74, 6) is 1.38. The van der Waals surface area contributed by atoms with E-state index >= 15 is 0 Å². The highest BCUT2D eigenvalue weighted by Gasteiger charge is 2.36. The molecule has 1 saturated heterocycles. The number of methoxy groups -OCH3 is 1. The Morgan fingerprint density at radius 2 is 1.87 bits per heavy atom. The quantitative estimate of drug-likeness (QED) is 0.519. The van der Waals surface area contributed by atoms with E-state index in [1.165, 1.54) is 12.1 Å². The summed E-state index contributed by atoms with van der Waals surface area (Å²) in [7, 11) is 1.67. The zero-order chi connectivity index (χ0) is 21.4. The fourth-order valence-corrected chi connectivity index (χ4v) is 4.27. The van der Waals surface area contributed by atoms with Gasteiger partial charge in [-0.1, -0.05) is 35.5 Å². The molecular formula is C24H22FN3O3. The summed E-state index contributed by atoms with van der Waals surface area (Å²) in [4.78, 5) is 6.69. The number of halogens is 1. The first-order valence-electron chi connectivity index (χ1n) is 10.2. The van der Waals surface area contributed by atoms with Gasteiger partial charge in [0.05, 0.1) is 19.3 Å². The summed E-state index contributed by atoms with van der Waals surface area (Å²) in [6, 6.07) is 17.9. The van der Waals surface area contributed by atoms with Crippen molar-refractivity contribution in [2.24, 2.45) is 0 Å². The SMILES string of the molecule is COc1ccc(CN2CC(O)CC2c2nc(-c3ccc(F)cc3)no2)c2ccccc12. The van der Waals surface area contributed by atoms with E-state index in [-0.39, 0.29) is 11.9 Å². The molecule has 1 N–H and O–H groups in total. The highest BCUT2D eigenvalue weighted by atomic mass is 19.1. The van der Waals surface area contributed by atoms with Gasteiger partial charge in [0.15, 0.2) is 0 Å². The van der Waals surface area contributed by atoms with E-state index in [4.69, 9.17) is 9.26 Å². The van der Waals surface area contributed by atoms with E-state index < -0.39 is 6.10 Å². The molecule has 1 aromatic heterocycles. The molecule has 4 aromatic rings. The molecule has 0 spiro atoms. The Balaban J connectivity index is 1.44. The second-order valence-corrected chi connectivity index (χ2v) is 7.77. The summed E-state index contributed by atoms with van der Waals surface area (Å²) in [5, 5.41) is 16.6. The van der Waals surface area contributed by atoms with E-state index in [2.05, 4.69) is 27.2 Å². The maximum absolute atomic E-state index is 13.2. The van der Waals surface area contributed by atoms with E-state index in [1.54, 1.807) is 19.2 Å². The minimum atomic E-state index is -0.476. The number of ether oxygens (including phenoxy) is 1. The summed E-state index contributed by atoms with van der Waals surface area (Å²) in [5.41, 5.74) is 1.82. The maximum Gasteiger partial charge on any atom is 0.244 e. The van der Waals surface area contributed by atoms with Gasteiger partial charge < -0.3 is 14.4 Å². The number of likely N-dealkylation sites (tertiary alicyclic amines) is 1. The third-order valence-corrected chi connectivity index (χ3v) is 5.78. The first-order valence-corrected chi connectivity index (χ1v) is 10.2. The van der Waals surface area contributed by atoms with Gasteiger partial charge in [-0.25, -0.2) is 4.39 Å². The molecule has 2 unspecified atom stereocenters. The Hall–Kier alpha value is -3.29. The van der Waals surface area contributed by atoms with Crippen LogP contribution in [0.4, 0.5) is 4.39 Å². The summed E-state index contributed by atoms with van der Waals surface area (Å²) >= 11 is 0. The normalized spacial score (nSPS) is 19.2. The molecule has 7 heteroatoms. The van der Waals surface area contributed by atoms with Gasteiger partial charge in [0, 0.05) is 24.0 Å². The lowest BCUT2D eigenvalue weighted by atomic mass is 10.0. The number of rotatable bonds is 5. The topological polar surface area (TPSA) is 71.6 Å². The highest BCUT2D eigenvalue weighted by Crippen LogP contribution is 2.36. The van der Waals surface area contributed by atoms with Crippen molar-refractivity contribution in [2.75, 3.05) is 13.7 Å². The third kappa shape index (κ3) is 3.78. The van der Waals surface area contributed by atoms with Crippen LogP contribution in [0.15, 0.2) is 65.2 Å². The zero-order valence-corrected chi connectivity index (χ0v) is 17.0. The van der Waals surface area contributed by atoms with Crippen molar-refractivity contribution in [3.05, 3.63) is 77.9 Å². The predicted molar refractivity (Wildman–Crippen MR) is 114 cm³/mol. The molecule has 5 rings (SSSR count). The lowest BCUT2D eigenvalue weighted by Crippen LogP contribution is -2.24. The molecule has 0 amide bonds. The van der Waals surface area contributed by atoms with Crippen LogP contribution in [0, 0.1) is 5.82 Å². The predicted octanol–water partition coefficient (Wildman–Crippen LogP) is 4.35. The standard InChI is InChI=1S/C24H22FN3O3/c1-30-22-11-8-16(19-4-2-3-5-20(19)22)13-28-14-18(29)12-21(28)24-26-23(27-31-24)15-6-9-17(25)10-7-15/h2-11,18,21,29H,12-14H2,1H3. The highest BCUT2D eigenvalue weighted by molar-refractivity contribution is 5.91. The van der Waals surface area contributed by atoms with Crippen LogP contribution in [0.1, 0.15) is 23.9 Å². The summed E-state index contributed by atoms with van der Waals surface area (Å²) < 4.78 is 24.3. The molecule has 6 nitrogen and oxygen atoms in total. The van der Waals surface area contributed by atoms with Crippen LogP contribution < -0.4 is 4.74 Å². The van der Waals surface area contributed by atoms with E-state index in [9.17, 15) is 9.50 Å². The van der Waals surface area contributed by atoms with Crippen molar-refractivity contribution in [3.63, 3.8) is 0 Å². The van der Waals surface area contributed by atoms with Crippen molar-refractivity contribution in [1.82, 2.24) is 15.0 Å². The average Bonchev–Trinajstić information content (AvgIpc) is 3.41. The Kier molecular flexibility index (Phi) is 5.13. The lowest BCUT2D eigenvalue weighted by molar-refractivity contribution is 0.169. The van der Waals surface area contributed by atoms with Gasteiger partial charge in [-0.2, -0.15) is 4.98 Å². The Labute approximate surface area is 178 Å². The monoisotopic (exact) mass is 419 g/mol. The van der Waals surface area contributed by atoms with Crippen molar-refractivity contribution in [2.45, 2.75) is 25.1 Å². The van der Waals surface area contributed by atoms with Gasteiger partial charge in [-0.15, -0.1) is 0 Å². The maximum atomic E-state index is 13.2.